The predicted molar refractivity (Wildman–Crippen MR) is 68.4 cm³/mol. The molecule has 0 fully saturated rings. The minimum Gasteiger partial charge on any atom is -0.223 e. The summed E-state index contributed by atoms with van der Waals surface area (Å²) in [6.45, 7) is 0. The van der Waals surface area contributed by atoms with Crippen molar-refractivity contribution in [2.75, 3.05) is 0 Å². The Balaban J connectivity index is 2.36. The van der Waals surface area contributed by atoms with E-state index in [0.29, 0.717) is 0 Å². The number of benzene rings is 2. The van der Waals surface area contributed by atoms with Gasteiger partial charge < -0.3 is 0 Å². The summed E-state index contributed by atoms with van der Waals surface area (Å²) in [6.07, 6.45) is 0. The summed E-state index contributed by atoms with van der Waals surface area (Å²) in [6, 6.07) is 9.84. The third-order valence-electron chi connectivity index (χ3n) is 2.68. The maximum Gasteiger partial charge on any atom is 0.182 e. The van der Waals surface area contributed by atoms with Gasteiger partial charge in [0, 0.05) is 5.56 Å². The summed E-state index contributed by atoms with van der Waals surface area (Å²) in [5.41, 5.74) is 0.0441. The van der Waals surface area contributed by atoms with Gasteiger partial charge in [0.25, 0.3) is 0 Å². The molecule has 2 aromatic carbocycles. The highest BCUT2D eigenvalue weighted by atomic mass is 32.2. The van der Waals surface area contributed by atoms with E-state index in [1.54, 1.807) is 6.07 Å². The minimum atomic E-state index is -3.84. The van der Waals surface area contributed by atoms with Gasteiger partial charge in [0.15, 0.2) is 9.84 Å². The molecule has 0 radical (unpaired) electrons. The van der Waals surface area contributed by atoms with Crippen LogP contribution in [-0.4, -0.2) is 8.42 Å². The maximum atomic E-state index is 13.7. The van der Waals surface area contributed by atoms with Crippen LogP contribution in [0, 0.1) is 23.0 Å². The van der Waals surface area contributed by atoms with Crippen LogP contribution in [0.1, 0.15) is 11.1 Å². The zero-order chi connectivity index (χ0) is 14.8. The molecule has 0 saturated heterocycles. The molecule has 0 atom stereocenters. The van der Waals surface area contributed by atoms with Gasteiger partial charge in [-0.05, 0) is 30.3 Å². The number of halogens is 2. The normalized spacial score (nSPS) is 11.1. The van der Waals surface area contributed by atoms with Gasteiger partial charge in [-0.3, -0.25) is 0 Å². The molecule has 0 aliphatic carbocycles. The smallest absolute Gasteiger partial charge is 0.182 e. The molecule has 0 N–H and O–H groups in total. The maximum absolute atomic E-state index is 13.7. The third-order valence-corrected chi connectivity index (χ3v) is 4.35. The van der Waals surface area contributed by atoms with E-state index in [0.717, 1.165) is 18.2 Å². The first-order valence-corrected chi connectivity index (χ1v) is 7.24. The van der Waals surface area contributed by atoms with Gasteiger partial charge in [-0.15, -0.1) is 0 Å². The highest BCUT2D eigenvalue weighted by Gasteiger charge is 2.18. The Kier molecular flexibility index (Phi) is 3.81. The van der Waals surface area contributed by atoms with Crippen LogP contribution in [0.15, 0.2) is 47.4 Å². The molecular formula is C14H9F2NO2S. The molecule has 0 heterocycles. The standard InChI is InChI=1S/C14H9F2NO2S/c15-12-2-1-3-13(7-12)20(18,19)9-11-5-4-10(8-17)6-14(11)16/h1-7H,9H2. The summed E-state index contributed by atoms with van der Waals surface area (Å²) < 4.78 is 50.8. The highest BCUT2D eigenvalue weighted by molar-refractivity contribution is 7.90. The van der Waals surface area contributed by atoms with Crippen molar-refractivity contribution in [3.05, 3.63) is 65.2 Å². The van der Waals surface area contributed by atoms with Crippen molar-refractivity contribution >= 4 is 9.84 Å². The van der Waals surface area contributed by atoms with E-state index in [1.807, 2.05) is 0 Å². The number of hydrogen-bond acceptors (Lipinski definition) is 3. The van der Waals surface area contributed by atoms with Gasteiger partial charge in [0.2, 0.25) is 0 Å². The summed E-state index contributed by atoms with van der Waals surface area (Å²) in [5.74, 6) is -2.04. The summed E-state index contributed by atoms with van der Waals surface area (Å²) in [5, 5.41) is 8.62. The average Bonchev–Trinajstić information content (AvgIpc) is 2.41. The summed E-state index contributed by atoms with van der Waals surface area (Å²) in [7, 11) is -3.84. The highest BCUT2D eigenvalue weighted by Crippen LogP contribution is 2.19. The van der Waals surface area contributed by atoms with Crippen molar-refractivity contribution in [3.63, 3.8) is 0 Å². The Morgan fingerprint density at radius 3 is 2.45 bits per heavy atom. The first kappa shape index (κ1) is 14.2. The molecular weight excluding hydrogens is 284 g/mol. The van der Waals surface area contributed by atoms with E-state index >= 15 is 0 Å². The molecule has 102 valence electrons. The monoisotopic (exact) mass is 293 g/mol. The Labute approximate surface area is 115 Å². The van der Waals surface area contributed by atoms with Crippen LogP contribution in [-0.2, 0) is 15.6 Å². The first-order chi connectivity index (χ1) is 9.42. The van der Waals surface area contributed by atoms with Gasteiger partial charge in [-0.1, -0.05) is 12.1 Å². The van der Waals surface area contributed by atoms with Crippen molar-refractivity contribution in [3.8, 4) is 6.07 Å². The van der Waals surface area contributed by atoms with E-state index in [9.17, 15) is 17.2 Å². The molecule has 0 aromatic heterocycles. The lowest BCUT2D eigenvalue weighted by Gasteiger charge is -2.06. The lowest BCUT2D eigenvalue weighted by molar-refractivity contribution is 0.583. The molecule has 0 amide bonds. The Morgan fingerprint density at radius 1 is 1.10 bits per heavy atom. The number of sulfone groups is 1. The minimum absolute atomic E-state index is 0.0618. The molecule has 0 saturated carbocycles. The molecule has 2 rings (SSSR count). The number of nitrogens with zero attached hydrogens (tertiary/aromatic N) is 1. The Bertz CT molecular complexity index is 795. The SMILES string of the molecule is N#Cc1ccc(CS(=O)(=O)c2cccc(F)c2)c(F)c1. The summed E-state index contributed by atoms with van der Waals surface area (Å²) >= 11 is 0. The van der Waals surface area contributed by atoms with Crippen molar-refractivity contribution in [2.24, 2.45) is 0 Å². The zero-order valence-corrected chi connectivity index (χ0v) is 11.0. The van der Waals surface area contributed by atoms with E-state index < -0.39 is 27.2 Å². The van der Waals surface area contributed by atoms with E-state index in [2.05, 4.69) is 0 Å². The number of nitriles is 1. The first-order valence-electron chi connectivity index (χ1n) is 5.59. The largest absolute Gasteiger partial charge is 0.223 e. The molecule has 0 spiro atoms. The van der Waals surface area contributed by atoms with Crippen molar-refractivity contribution < 1.29 is 17.2 Å². The fourth-order valence-corrected chi connectivity index (χ4v) is 3.07. The molecule has 0 bridgehead atoms. The molecule has 0 aliphatic heterocycles. The summed E-state index contributed by atoms with van der Waals surface area (Å²) in [4.78, 5) is -0.207. The topological polar surface area (TPSA) is 57.9 Å². The second kappa shape index (κ2) is 5.39. The number of hydrogen-bond donors (Lipinski definition) is 0. The Hall–Kier alpha value is -2.26. The molecule has 3 nitrogen and oxygen atoms in total. The fraction of sp³-hybridized carbons (Fsp3) is 0.0714. The second-order valence-corrected chi connectivity index (χ2v) is 6.12. The van der Waals surface area contributed by atoms with E-state index in [-0.39, 0.29) is 16.0 Å². The molecule has 2 aromatic rings. The average molecular weight is 293 g/mol. The lowest BCUT2D eigenvalue weighted by Crippen LogP contribution is -2.07. The van der Waals surface area contributed by atoms with Crippen LogP contribution in [0.3, 0.4) is 0 Å². The molecule has 6 heteroatoms. The van der Waals surface area contributed by atoms with Crippen molar-refractivity contribution in [2.45, 2.75) is 10.6 Å². The quantitative estimate of drug-likeness (QED) is 0.874. The van der Waals surface area contributed by atoms with Gasteiger partial charge >= 0.3 is 0 Å². The van der Waals surface area contributed by atoms with Gasteiger partial charge in [-0.25, -0.2) is 17.2 Å². The van der Waals surface area contributed by atoms with Crippen LogP contribution in [0.5, 0.6) is 0 Å². The Morgan fingerprint density at radius 2 is 1.85 bits per heavy atom. The van der Waals surface area contributed by atoms with Crippen LogP contribution in [0.4, 0.5) is 8.78 Å². The van der Waals surface area contributed by atoms with Crippen LogP contribution in [0.25, 0.3) is 0 Å². The zero-order valence-electron chi connectivity index (χ0n) is 10.2. The van der Waals surface area contributed by atoms with Crippen LogP contribution in [0.2, 0.25) is 0 Å². The van der Waals surface area contributed by atoms with Crippen LogP contribution >= 0.6 is 0 Å². The van der Waals surface area contributed by atoms with Gasteiger partial charge in [0.1, 0.15) is 11.6 Å². The van der Waals surface area contributed by atoms with E-state index in [1.165, 1.54) is 24.3 Å². The van der Waals surface area contributed by atoms with Crippen molar-refractivity contribution in [1.29, 1.82) is 5.26 Å². The fourth-order valence-electron chi connectivity index (χ4n) is 1.68. The van der Waals surface area contributed by atoms with E-state index in [4.69, 9.17) is 5.26 Å². The molecule has 0 aliphatic rings. The molecule has 0 unspecified atom stereocenters. The lowest BCUT2D eigenvalue weighted by atomic mass is 10.1. The third kappa shape index (κ3) is 3.00. The van der Waals surface area contributed by atoms with Gasteiger partial charge in [0.05, 0.1) is 22.3 Å². The predicted octanol–water partition coefficient (Wildman–Crippen LogP) is 2.81. The number of rotatable bonds is 3. The second-order valence-electron chi connectivity index (χ2n) is 4.13. The van der Waals surface area contributed by atoms with Crippen LogP contribution < -0.4 is 0 Å². The molecule has 20 heavy (non-hydrogen) atoms. The van der Waals surface area contributed by atoms with Crippen molar-refractivity contribution in [1.82, 2.24) is 0 Å². The van der Waals surface area contributed by atoms with Gasteiger partial charge in [-0.2, -0.15) is 5.26 Å².